The van der Waals surface area contributed by atoms with Gasteiger partial charge in [-0.2, -0.15) is 0 Å². The topological polar surface area (TPSA) is 0 Å². The van der Waals surface area contributed by atoms with Crippen LogP contribution < -0.4 is 0 Å². The normalized spacial score (nSPS) is 15.2. The van der Waals surface area contributed by atoms with Gasteiger partial charge in [-0.1, -0.05) is 36.7 Å². The lowest BCUT2D eigenvalue weighted by Crippen LogP contribution is -2.12. The quantitative estimate of drug-likeness (QED) is 0.553. The van der Waals surface area contributed by atoms with Crippen molar-refractivity contribution in [3.8, 4) is 0 Å². The van der Waals surface area contributed by atoms with Gasteiger partial charge in [0.05, 0.1) is 0 Å². The molecular weight excluding hydrogens is 281 g/mol. The van der Waals surface area contributed by atoms with Gasteiger partial charge in [0.15, 0.2) is 11.6 Å². The molecule has 0 fully saturated rings. The van der Waals surface area contributed by atoms with Crippen molar-refractivity contribution in [2.24, 2.45) is 11.8 Å². The maximum absolute atomic E-state index is 13.5. The molecular formula is C12H14BrF3. The Hall–Kier alpha value is -0.510. The molecule has 0 spiro atoms. The summed E-state index contributed by atoms with van der Waals surface area (Å²) in [6.07, 6.45) is 0. The summed E-state index contributed by atoms with van der Waals surface area (Å²) < 4.78 is 39.2. The van der Waals surface area contributed by atoms with E-state index in [1.54, 1.807) is 0 Å². The van der Waals surface area contributed by atoms with Gasteiger partial charge in [-0.15, -0.1) is 0 Å². The van der Waals surface area contributed by atoms with Crippen molar-refractivity contribution < 1.29 is 13.2 Å². The lowest BCUT2D eigenvalue weighted by atomic mass is 9.90. The summed E-state index contributed by atoms with van der Waals surface area (Å²) in [6, 6.07) is 1.51. The lowest BCUT2D eigenvalue weighted by Gasteiger charge is -2.22. The molecule has 1 rings (SSSR count). The van der Waals surface area contributed by atoms with Gasteiger partial charge in [0.25, 0.3) is 0 Å². The fourth-order valence-corrected chi connectivity index (χ4v) is 2.33. The minimum absolute atomic E-state index is 0.124. The third-order valence-corrected chi connectivity index (χ3v) is 4.18. The number of hydrogen-bond acceptors (Lipinski definition) is 0. The second-order valence-electron chi connectivity index (χ2n) is 4.29. The molecule has 4 heteroatoms. The molecule has 1 aromatic rings. The van der Waals surface area contributed by atoms with Crippen LogP contribution in [0.4, 0.5) is 13.2 Å². The van der Waals surface area contributed by atoms with Crippen LogP contribution in [-0.2, 0) is 0 Å². The summed E-state index contributed by atoms with van der Waals surface area (Å²) in [5, 5.41) is 0. The summed E-state index contributed by atoms with van der Waals surface area (Å²) in [7, 11) is 0. The Kier molecular flexibility index (Phi) is 4.42. The molecule has 0 radical (unpaired) electrons. The average Bonchev–Trinajstić information content (AvgIpc) is 2.21. The molecule has 1 aromatic carbocycles. The Morgan fingerprint density at radius 3 is 1.94 bits per heavy atom. The minimum Gasteiger partial charge on any atom is -0.207 e. The van der Waals surface area contributed by atoms with Crippen LogP contribution in [0.15, 0.2) is 12.1 Å². The fourth-order valence-electron chi connectivity index (χ4n) is 1.37. The van der Waals surface area contributed by atoms with E-state index >= 15 is 0 Å². The number of benzene rings is 1. The van der Waals surface area contributed by atoms with E-state index in [1.807, 2.05) is 20.8 Å². The Labute approximate surface area is 102 Å². The first kappa shape index (κ1) is 13.6. The predicted octanol–water partition coefficient (Wildman–Crippen LogP) is 4.83. The maximum Gasteiger partial charge on any atom is 0.161 e. The first-order valence-corrected chi connectivity index (χ1v) is 6.04. The Morgan fingerprint density at radius 2 is 1.44 bits per heavy atom. The second-order valence-corrected chi connectivity index (χ2v) is 5.28. The number of halogens is 4. The van der Waals surface area contributed by atoms with Crippen LogP contribution in [0.2, 0.25) is 0 Å². The number of alkyl halides is 1. The van der Waals surface area contributed by atoms with Crippen molar-refractivity contribution in [2.75, 3.05) is 0 Å². The predicted molar refractivity (Wildman–Crippen MR) is 62.0 cm³/mol. The fraction of sp³-hybridized carbons (Fsp3) is 0.500. The van der Waals surface area contributed by atoms with Crippen LogP contribution in [0.3, 0.4) is 0 Å². The second kappa shape index (κ2) is 5.21. The molecule has 0 N–H and O–H groups in total. The van der Waals surface area contributed by atoms with Crippen LogP contribution in [0.1, 0.15) is 31.2 Å². The zero-order valence-electron chi connectivity index (χ0n) is 9.40. The Balaban J connectivity index is 3.08. The van der Waals surface area contributed by atoms with E-state index in [2.05, 4.69) is 15.9 Å². The highest BCUT2D eigenvalue weighted by molar-refractivity contribution is 9.09. The van der Waals surface area contributed by atoms with Crippen LogP contribution >= 0.6 is 15.9 Å². The van der Waals surface area contributed by atoms with E-state index in [-0.39, 0.29) is 16.3 Å². The van der Waals surface area contributed by atoms with Gasteiger partial charge in [0.2, 0.25) is 0 Å². The highest BCUT2D eigenvalue weighted by Gasteiger charge is 2.23. The molecule has 0 aromatic heterocycles. The molecule has 0 bridgehead atoms. The van der Waals surface area contributed by atoms with Gasteiger partial charge in [0, 0.05) is 16.5 Å². The van der Waals surface area contributed by atoms with Gasteiger partial charge in [-0.3, -0.25) is 0 Å². The van der Waals surface area contributed by atoms with Crippen molar-refractivity contribution in [3.63, 3.8) is 0 Å². The zero-order valence-corrected chi connectivity index (χ0v) is 11.0. The molecule has 2 atom stereocenters. The molecule has 90 valence electrons. The highest BCUT2D eigenvalue weighted by Crippen LogP contribution is 2.37. The largest absolute Gasteiger partial charge is 0.207 e. The summed E-state index contributed by atoms with van der Waals surface area (Å²) >= 11 is 3.33. The average molecular weight is 295 g/mol. The minimum atomic E-state index is -1.15. The number of rotatable bonds is 3. The van der Waals surface area contributed by atoms with Crippen molar-refractivity contribution >= 4 is 15.9 Å². The van der Waals surface area contributed by atoms with E-state index in [9.17, 15) is 13.2 Å². The van der Waals surface area contributed by atoms with Crippen molar-refractivity contribution in [2.45, 2.75) is 25.6 Å². The molecule has 0 heterocycles. The third kappa shape index (κ3) is 2.78. The molecule has 0 saturated carbocycles. The Morgan fingerprint density at radius 1 is 0.938 bits per heavy atom. The van der Waals surface area contributed by atoms with Crippen LogP contribution in [0.25, 0.3) is 0 Å². The molecule has 0 nitrogen and oxygen atoms in total. The maximum atomic E-state index is 13.5. The first-order chi connectivity index (χ1) is 7.34. The van der Waals surface area contributed by atoms with Gasteiger partial charge < -0.3 is 0 Å². The van der Waals surface area contributed by atoms with Crippen molar-refractivity contribution in [1.29, 1.82) is 0 Å². The number of hydrogen-bond donors (Lipinski definition) is 0. The monoisotopic (exact) mass is 294 g/mol. The lowest BCUT2D eigenvalue weighted by molar-refractivity contribution is 0.404. The van der Waals surface area contributed by atoms with Gasteiger partial charge in [-0.25, -0.2) is 13.2 Å². The zero-order chi connectivity index (χ0) is 12.5. The molecule has 0 aliphatic heterocycles. The SMILES string of the molecule is CC(C)C(C)C(Br)c1cc(F)c(F)cc1F. The molecule has 0 saturated heterocycles. The molecule has 2 unspecified atom stereocenters. The molecule has 0 aliphatic rings. The summed E-state index contributed by atoms with van der Waals surface area (Å²) in [5.41, 5.74) is 0.167. The molecule has 16 heavy (non-hydrogen) atoms. The van der Waals surface area contributed by atoms with E-state index in [0.29, 0.717) is 12.0 Å². The van der Waals surface area contributed by atoms with Gasteiger partial charge in [0.1, 0.15) is 5.82 Å². The van der Waals surface area contributed by atoms with Crippen molar-refractivity contribution in [3.05, 3.63) is 35.1 Å². The molecule has 0 aliphatic carbocycles. The summed E-state index contributed by atoms with van der Waals surface area (Å²) in [4.78, 5) is -0.317. The van der Waals surface area contributed by atoms with Crippen molar-refractivity contribution in [1.82, 2.24) is 0 Å². The molecule has 0 amide bonds. The summed E-state index contributed by atoms with van der Waals surface area (Å²) in [6.45, 7) is 5.93. The standard InChI is InChI=1S/C12H14BrF3/c1-6(2)7(3)12(13)8-4-10(15)11(16)5-9(8)14/h4-7,12H,1-3H3. The summed E-state index contributed by atoms with van der Waals surface area (Å²) in [5.74, 6) is -2.44. The van der Waals surface area contributed by atoms with E-state index in [4.69, 9.17) is 0 Å². The van der Waals surface area contributed by atoms with Crippen LogP contribution in [-0.4, -0.2) is 0 Å². The smallest absolute Gasteiger partial charge is 0.161 e. The van der Waals surface area contributed by atoms with Crippen LogP contribution in [0, 0.1) is 29.3 Å². The van der Waals surface area contributed by atoms with Gasteiger partial charge in [-0.05, 0) is 17.9 Å². The van der Waals surface area contributed by atoms with E-state index < -0.39 is 17.5 Å². The first-order valence-electron chi connectivity index (χ1n) is 5.13. The third-order valence-electron chi connectivity index (χ3n) is 2.85. The van der Waals surface area contributed by atoms with Gasteiger partial charge >= 0.3 is 0 Å². The van der Waals surface area contributed by atoms with Crippen LogP contribution in [0.5, 0.6) is 0 Å². The Bertz CT molecular complexity index is 377. The highest BCUT2D eigenvalue weighted by atomic mass is 79.9. The van der Waals surface area contributed by atoms with E-state index in [1.165, 1.54) is 0 Å². The van der Waals surface area contributed by atoms with E-state index in [0.717, 1.165) is 6.07 Å².